The summed E-state index contributed by atoms with van der Waals surface area (Å²) < 4.78 is 0. The Hall–Kier alpha value is -1.59. The molecule has 0 aliphatic carbocycles. The predicted molar refractivity (Wildman–Crippen MR) is 59.3 cm³/mol. The van der Waals surface area contributed by atoms with E-state index < -0.39 is 0 Å². The number of pyridine rings is 1. The van der Waals surface area contributed by atoms with Gasteiger partial charge in [-0.05, 0) is 36.1 Å². The van der Waals surface area contributed by atoms with Gasteiger partial charge in [0.15, 0.2) is 0 Å². The summed E-state index contributed by atoms with van der Waals surface area (Å²) in [5.41, 5.74) is 2.20. The normalized spacial score (nSPS) is 9.21. The summed E-state index contributed by atoms with van der Waals surface area (Å²) in [6.45, 7) is 2.07. The number of hydrogen-bond acceptors (Lipinski definition) is 2. The fourth-order valence-electron chi connectivity index (χ4n) is 1.07. The lowest BCUT2D eigenvalue weighted by Crippen LogP contribution is -1.75. The molecule has 14 heavy (non-hydrogen) atoms. The minimum Gasteiger partial charge on any atom is -0.263 e. The van der Waals surface area contributed by atoms with Crippen LogP contribution in [0.4, 0.5) is 0 Å². The number of aromatic nitrogens is 1. The van der Waals surface area contributed by atoms with Gasteiger partial charge in [-0.25, -0.2) is 0 Å². The Labute approximate surface area is 87.4 Å². The molecule has 0 atom stereocenters. The molecule has 0 aromatic carbocycles. The lowest BCUT2D eigenvalue weighted by atomic mass is 10.2. The topological polar surface area (TPSA) is 12.9 Å². The molecule has 0 amide bonds. The maximum Gasteiger partial charge on any atom is 0.0801 e. The highest BCUT2D eigenvalue weighted by atomic mass is 32.1. The van der Waals surface area contributed by atoms with Gasteiger partial charge in [-0.15, -0.1) is 11.3 Å². The zero-order valence-electron chi connectivity index (χ0n) is 7.82. The van der Waals surface area contributed by atoms with Crippen molar-refractivity contribution in [3.8, 4) is 11.8 Å². The molecule has 2 aromatic heterocycles. The molecule has 0 N–H and O–H groups in total. The van der Waals surface area contributed by atoms with Crippen LogP contribution in [0.25, 0.3) is 0 Å². The fourth-order valence-corrected chi connectivity index (χ4v) is 1.84. The highest BCUT2D eigenvalue weighted by molar-refractivity contribution is 7.10. The van der Waals surface area contributed by atoms with Crippen molar-refractivity contribution in [1.82, 2.24) is 4.98 Å². The SMILES string of the molecule is Cc1ccsc1C#Cc1cccnc1. The molecule has 0 aliphatic rings. The van der Waals surface area contributed by atoms with Gasteiger partial charge in [0.25, 0.3) is 0 Å². The average Bonchev–Trinajstić information content (AvgIpc) is 2.63. The first-order chi connectivity index (χ1) is 6.86. The van der Waals surface area contributed by atoms with Crippen LogP contribution in [-0.2, 0) is 0 Å². The van der Waals surface area contributed by atoms with Gasteiger partial charge in [0, 0.05) is 18.0 Å². The van der Waals surface area contributed by atoms with Gasteiger partial charge in [-0.3, -0.25) is 4.98 Å². The average molecular weight is 199 g/mol. The Balaban J connectivity index is 2.28. The Morgan fingerprint density at radius 1 is 1.29 bits per heavy atom. The minimum absolute atomic E-state index is 0.959. The van der Waals surface area contributed by atoms with Gasteiger partial charge in [0.05, 0.1) is 4.88 Å². The lowest BCUT2D eigenvalue weighted by molar-refractivity contribution is 1.31. The van der Waals surface area contributed by atoms with Crippen LogP contribution in [0.1, 0.15) is 16.0 Å². The van der Waals surface area contributed by atoms with Crippen LogP contribution in [-0.4, -0.2) is 4.98 Å². The van der Waals surface area contributed by atoms with Crippen LogP contribution >= 0.6 is 11.3 Å². The summed E-state index contributed by atoms with van der Waals surface area (Å²) in [5.74, 6) is 6.22. The van der Waals surface area contributed by atoms with Crippen LogP contribution < -0.4 is 0 Å². The van der Waals surface area contributed by atoms with Crippen LogP contribution in [0.5, 0.6) is 0 Å². The highest BCUT2D eigenvalue weighted by Gasteiger charge is 1.93. The third-order valence-electron chi connectivity index (χ3n) is 1.84. The Bertz CT molecular complexity index is 474. The summed E-state index contributed by atoms with van der Waals surface area (Å²) in [6.07, 6.45) is 3.53. The second-order valence-corrected chi connectivity index (χ2v) is 3.84. The summed E-state index contributed by atoms with van der Waals surface area (Å²) in [6, 6.07) is 5.94. The number of hydrogen-bond donors (Lipinski definition) is 0. The van der Waals surface area contributed by atoms with Crippen molar-refractivity contribution in [2.75, 3.05) is 0 Å². The molecule has 0 fully saturated rings. The van der Waals surface area contributed by atoms with Gasteiger partial charge in [0.2, 0.25) is 0 Å². The first kappa shape index (κ1) is 8.98. The molecule has 2 heteroatoms. The number of nitrogens with zero attached hydrogens (tertiary/aromatic N) is 1. The molecule has 2 heterocycles. The van der Waals surface area contributed by atoms with Crippen LogP contribution in [0, 0.1) is 18.8 Å². The second kappa shape index (κ2) is 4.08. The molecule has 1 nitrogen and oxygen atoms in total. The standard InChI is InChI=1S/C12H9NS/c1-10-6-8-14-12(10)5-4-11-3-2-7-13-9-11/h2-3,6-9H,1H3. The largest absolute Gasteiger partial charge is 0.263 e. The van der Waals surface area contributed by atoms with Crippen molar-refractivity contribution in [3.05, 3.63) is 52.0 Å². The summed E-state index contributed by atoms with van der Waals surface area (Å²) in [5, 5.41) is 2.06. The minimum atomic E-state index is 0.959. The van der Waals surface area contributed by atoms with E-state index in [0.29, 0.717) is 0 Å². The summed E-state index contributed by atoms with van der Waals surface area (Å²) in [7, 11) is 0. The van der Waals surface area contributed by atoms with E-state index in [9.17, 15) is 0 Å². The van der Waals surface area contributed by atoms with Gasteiger partial charge in [-0.2, -0.15) is 0 Å². The quantitative estimate of drug-likeness (QED) is 0.594. The van der Waals surface area contributed by atoms with Crippen molar-refractivity contribution in [1.29, 1.82) is 0 Å². The van der Waals surface area contributed by atoms with Crippen molar-refractivity contribution < 1.29 is 0 Å². The highest BCUT2D eigenvalue weighted by Crippen LogP contribution is 2.13. The predicted octanol–water partition coefficient (Wildman–Crippen LogP) is 2.85. The Kier molecular flexibility index (Phi) is 2.62. The van der Waals surface area contributed by atoms with Crippen LogP contribution in [0.2, 0.25) is 0 Å². The third-order valence-corrected chi connectivity index (χ3v) is 2.78. The van der Waals surface area contributed by atoms with E-state index in [-0.39, 0.29) is 0 Å². The van der Waals surface area contributed by atoms with Gasteiger partial charge in [0.1, 0.15) is 0 Å². The molecule has 0 aliphatic heterocycles. The van der Waals surface area contributed by atoms with E-state index in [1.165, 1.54) is 5.56 Å². The zero-order valence-corrected chi connectivity index (χ0v) is 8.64. The molecule has 0 saturated carbocycles. The maximum atomic E-state index is 4.01. The third kappa shape index (κ3) is 2.01. The number of rotatable bonds is 0. The summed E-state index contributed by atoms with van der Waals surface area (Å²) in [4.78, 5) is 5.14. The molecular weight excluding hydrogens is 190 g/mol. The van der Waals surface area contributed by atoms with Gasteiger partial charge < -0.3 is 0 Å². The monoisotopic (exact) mass is 199 g/mol. The summed E-state index contributed by atoms with van der Waals surface area (Å²) >= 11 is 1.67. The van der Waals surface area contributed by atoms with E-state index in [2.05, 4.69) is 35.2 Å². The zero-order chi connectivity index (χ0) is 9.80. The number of aryl methyl sites for hydroxylation is 1. The van der Waals surface area contributed by atoms with Crippen LogP contribution in [0.15, 0.2) is 36.0 Å². The molecule has 0 saturated heterocycles. The molecule has 0 unspecified atom stereocenters. The van der Waals surface area contributed by atoms with E-state index in [0.717, 1.165) is 10.4 Å². The van der Waals surface area contributed by atoms with Crippen LogP contribution in [0.3, 0.4) is 0 Å². The van der Waals surface area contributed by atoms with Gasteiger partial charge >= 0.3 is 0 Å². The van der Waals surface area contributed by atoms with E-state index in [1.807, 2.05) is 12.1 Å². The van der Waals surface area contributed by atoms with Crippen molar-refractivity contribution in [2.45, 2.75) is 6.92 Å². The lowest BCUT2D eigenvalue weighted by Gasteiger charge is -1.86. The smallest absolute Gasteiger partial charge is 0.0801 e. The maximum absolute atomic E-state index is 4.01. The van der Waals surface area contributed by atoms with Crippen molar-refractivity contribution in [2.24, 2.45) is 0 Å². The molecule has 2 aromatic rings. The molecular formula is C12H9NS. The first-order valence-corrected chi connectivity index (χ1v) is 5.20. The molecule has 2 rings (SSSR count). The first-order valence-electron chi connectivity index (χ1n) is 4.32. The second-order valence-electron chi connectivity index (χ2n) is 2.92. The fraction of sp³-hybridized carbons (Fsp3) is 0.0833. The molecule has 0 radical (unpaired) electrons. The Morgan fingerprint density at radius 2 is 2.21 bits per heavy atom. The van der Waals surface area contributed by atoms with E-state index in [1.54, 1.807) is 23.7 Å². The Morgan fingerprint density at radius 3 is 2.86 bits per heavy atom. The van der Waals surface area contributed by atoms with Crippen molar-refractivity contribution in [3.63, 3.8) is 0 Å². The molecule has 0 bridgehead atoms. The number of thiophene rings is 1. The van der Waals surface area contributed by atoms with E-state index >= 15 is 0 Å². The van der Waals surface area contributed by atoms with Crippen molar-refractivity contribution >= 4 is 11.3 Å². The molecule has 68 valence electrons. The van der Waals surface area contributed by atoms with E-state index in [4.69, 9.17) is 0 Å². The van der Waals surface area contributed by atoms with Gasteiger partial charge in [-0.1, -0.05) is 11.8 Å². The molecule has 0 spiro atoms.